The Bertz CT molecular complexity index is 365. The molecule has 2 heterocycles. The van der Waals surface area contributed by atoms with Crippen LogP contribution >= 0.6 is 0 Å². The van der Waals surface area contributed by atoms with Gasteiger partial charge in [0, 0.05) is 7.05 Å². The zero-order chi connectivity index (χ0) is 10.1. The molecule has 0 radical (unpaired) electrons. The van der Waals surface area contributed by atoms with Crippen LogP contribution in [0, 0.1) is 0 Å². The van der Waals surface area contributed by atoms with Crippen LogP contribution in [0.25, 0.3) is 0 Å². The minimum Gasteiger partial charge on any atom is -0.291 e. The van der Waals surface area contributed by atoms with Crippen molar-refractivity contribution in [1.29, 1.82) is 0 Å². The standard InChI is InChI=1S/C9H15N5/c1-3-7-6-8(13(2)12-7)9-11-4-5-14(9)10/h6H,3-5,10H2,1-2H3. The van der Waals surface area contributed by atoms with E-state index >= 15 is 0 Å². The van der Waals surface area contributed by atoms with Gasteiger partial charge in [-0.25, -0.2) is 5.84 Å². The summed E-state index contributed by atoms with van der Waals surface area (Å²) in [6.45, 7) is 3.66. The molecule has 0 unspecified atom stereocenters. The summed E-state index contributed by atoms with van der Waals surface area (Å²) in [6.07, 6.45) is 0.936. The van der Waals surface area contributed by atoms with Crippen LogP contribution in [-0.2, 0) is 13.5 Å². The van der Waals surface area contributed by atoms with E-state index in [0.29, 0.717) is 0 Å². The fourth-order valence-corrected chi connectivity index (χ4v) is 1.60. The van der Waals surface area contributed by atoms with Gasteiger partial charge in [0.1, 0.15) is 5.69 Å². The number of hydrazine groups is 1. The molecule has 0 saturated heterocycles. The van der Waals surface area contributed by atoms with E-state index in [4.69, 9.17) is 5.84 Å². The first kappa shape index (κ1) is 9.21. The number of aliphatic imine (C=N–C) groups is 1. The molecule has 0 saturated carbocycles. The molecule has 1 aliphatic rings. The van der Waals surface area contributed by atoms with E-state index in [-0.39, 0.29) is 0 Å². The Hall–Kier alpha value is -1.36. The van der Waals surface area contributed by atoms with Crippen molar-refractivity contribution in [2.24, 2.45) is 17.9 Å². The van der Waals surface area contributed by atoms with Crippen LogP contribution < -0.4 is 5.84 Å². The van der Waals surface area contributed by atoms with Crippen LogP contribution in [0.3, 0.4) is 0 Å². The van der Waals surface area contributed by atoms with Crippen LogP contribution in [0.1, 0.15) is 18.3 Å². The monoisotopic (exact) mass is 193 g/mol. The van der Waals surface area contributed by atoms with Crippen molar-refractivity contribution in [2.75, 3.05) is 13.1 Å². The second kappa shape index (κ2) is 3.42. The van der Waals surface area contributed by atoms with Crippen LogP contribution in [0.2, 0.25) is 0 Å². The van der Waals surface area contributed by atoms with Gasteiger partial charge in [-0.05, 0) is 12.5 Å². The zero-order valence-corrected chi connectivity index (χ0v) is 8.56. The van der Waals surface area contributed by atoms with Crippen molar-refractivity contribution < 1.29 is 0 Å². The largest absolute Gasteiger partial charge is 0.291 e. The molecule has 0 fully saturated rings. The summed E-state index contributed by atoms with van der Waals surface area (Å²) in [7, 11) is 1.92. The molecule has 1 aromatic heterocycles. The van der Waals surface area contributed by atoms with Crippen LogP contribution in [0.4, 0.5) is 0 Å². The van der Waals surface area contributed by atoms with E-state index in [2.05, 4.69) is 17.0 Å². The van der Waals surface area contributed by atoms with Gasteiger partial charge in [-0.3, -0.25) is 14.7 Å². The molecule has 5 heteroatoms. The van der Waals surface area contributed by atoms with E-state index in [9.17, 15) is 0 Å². The van der Waals surface area contributed by atoms with E-state index in [1.54, 1.807) is 5.01 Å². The summed E-state index contributed by atoms with van der Waals surface area (Å²) in [5.41, 5.74) is 2.08. The lowest BCUT2D eigenvalue weighted by atomic mass is 10.3. The Kier molecular flexibility index (Phi) is 2.25. The summed E-state index contributed by atoms with van der Waals surface area (Å²) in [4.78, 5) is 4.35. The highest BCUT2D eigenvalue weighted by Crippen LogP contribution is 2.09. The van der Waals surface area contributed by atoms with Crippen molar-refractivity contribution in [2.45, 2.75) is 13.3 Å². The molecule has 76 valence electrons. The zero-order valence-electron chi connectivity index (χ0n) is 8.56. The third-order valence-electron chi connectivity index (χ3n) is 2.40. The summed E-state index contributed by atoms with van der Waals surface area (Å²) >= 11 is 0. The predicted octanol–water partition coefficient (Wildman–Crippen LogP) is -0.0816. The van der Waals surface area contributed by atoms with Crippen molar-refractivity contribution in [3.05, 3.63) is 17.5 Å². The smallest absolute Gasteiger partial charge is 0.163 e. The second-order valence-corrected chi connectivity index (χ2v) is 3.40. The third-order valence-corrected chi connectivity index (χ3v) is 2.40. The van der Waals surface area contributed by atoms with E-state index in [1.807, 2.05) is 17.8 Å². The van der Waals surface area contributed by atoms with Gasteiger partial charge in [0.05, 0.1) is 18.8 Å². The summed E-state index contributed by atoms with van der Waals surface area (Å²) in [5.74, 6) is 6.64. The highest BCUT2D eigenvalue weighted by molar-refractivity contribution is 5.98. The summed E-state index contributed by atoms with van der Waals surface area (Å²) in [5, 5.41) is 6.04. The topological polar surface area (TPSA) is 59.4 Å². The molecule has 0 bridgehead atoms. The number of nitrogens with two attached hydrogens (primary N) is 1. The molecular weight excluding hydrogens is 178 g/mol. The lowest BCUT2D eigenvalue weighted by Gasteiger charge is -2.12. The van der Waals surface area contributed by atoms with Gasteiger partial charge in [-0.2, -0.15) is 5.10 Å². The van der Waals surface area contributed by atoms with Gasteiger partial charge < -0.3 is 0 Å². The van der Waals surface area contributed by atoms with Crippen molar-refractivity contribution in [3.8, 4) is 0 Å². The molecule has 14 heavy (non-hydrogen) atoms. The number of hydrogen-bond donors (Lipinski definition) is 1. The number of aryl methyl sites for hydroxylation is 2. The molecule has 0 aliphatic carbocycles. The van der Waals surface area contributed by atoms with Gasteiger partial charge in [-0.15, -0.1) is 0 Å². The van der Waals surface area contributed by atoms with Gasteiger partial charge in [-0.1, -0.05) is 6.92 Å². The number of rotatable bonds is 2. The minimum atomic E-state index is 0.776. The van der Waals surface area contributed by atoms with E-state index in [1.165, 1.54) is 0 Å². The molecule has 2 N–H and O–H groups in total. The van der Waals surface area contributed by atoms with Gasteiger partial charge in [0.25, 0.3) is 0 Å². The molecule has 5 nitrogen and oxygen atoms in total. The lowest BCUT2D eigenvalue weighted by molar-refractivity contribution is 0.481. The van der Waals surface area contributed by atoms with Crippen LogP contribution in [-0.4, -0.2) is 33.7 Å². The molecule has 0 amide bonds. The van der Waals surface area contributed by atoms with E-state index in [0.717, 1.165) is 36.7 Å². The molecule has 0 atom stereocenters. The summed E-state index contributed by atoms with van der Waals surface area (Å²) in [6, 6.07) is 2.05. The number of aromatic nitrogens is 2. The number of amidine groups is 1. The lowest BCUT2D eigenvalue weighted by Crippen LogP contribution is -2.36. The molecule has 0 spiro atoms. The highest BCUT2D eigenvalue weighted by atomic mass is 15.5. The number of hydrogen-bond acceptors (Lipinski definition) is 4. The minimum absolute atomic E-state index is 0.776. The Morgan fingerprint density at radius 3 is 2.86 bits per heavy atom. The maximum atomic E-state index is 5.79. The molecule has 2 rings (SSSR count). The highest BCUT2D eigenvalue weighted by Gasteiger charge is 2.19. The van der Waals surface area contributed by atoms with Gasteiger partial charge >= 0.3 is 0 Å². The quantitative estimate of drug-likeness (QED) is 0.668. The fraction of sp³-hybridized carbons (Fsp3) is 0.556. The second-order valence-electron chi connectivity index (χ2n) is 3.40. The van der Waals surface area contributed by atoms with E-state index < -0.39 is 0 Å². The molecule has 0 aromatic carbocycles. The Morgan fingerprint density at radius 2 is 2.36 bits per heavy atom. The van der Waals surface area contributed by atoms with Crippen molar-refractivity contribution in [1.82, 2.24) is 14.8 Å². The average molecular weight is 193 g/mol. The third kappa shape index (κ3) is 1.39. The van der Waals surface area contributed by atoms with Crippen molar-refractivity contribution in [3.63, 3.8) is 0 Å². The van der Waals surface area contributed by atoms with Gasteiger partial charge in [0.2, 0.25) is 0 Å². The normalized spacial score (nSPS) is 16.2. The number of nitrogens with zero attached hydrogens (tertiary/aromatic N) is 4. The van der Waals surface area contributed by atoms with Gasteiger partial charge in [0.15, 0.2) is 5.84 Å². The van der Waals surface area contributed by atoms with Crippen molar-refractivity contribution >= 4 is 5.84 Å². The maximum absolute atomic E-state index is 5.79. The first-order valence-corrected chi connectivity index (χ1v) is 4.82. The van der Waals surface area contributed by atoms with Crippen LogP contribution in [0.15, 0.2) is 11.1 Å². The molecule has 1 aliphatic heterocycles. The summed E-state index contributed by atoms with van der Waals surface area (Å²) < 4.78 is 1.84. The Labute approximate surface area is 83.2 Å². The maximum Gasteiger partial charge on any atom is 0.163 e. The average Bonchev–Trinajstić information content (AvgIpc) is 2.72. The SMILES string of the molecule is CCc1cc(C2=NCCN2N)n(C)n1. The molecule has 1 aromatic rings. The van der Waals surface area contributed by atoms with Crippen LogP contribution in [0.5, 0.6) is 0 Å². The Morgan fingerprint density at radius 1 is 1.57 bits per heavy atom. The Balaban J connectivity index is 2.36. The first-order valence-electron chi connectivity index (χ1n) is 4.82. The fourth-order valence-electron chi connectivity index (χ4n) is 1.60. The first-order chi connectivity index (χ1) is 6.72. The predicted molar refractivity (Wildman–Crippen MR) is 54.9 cm³/mol. The molecular formula is C9H15N5.